The van der Waals surface area contributed by atoms with Crippen LogP contribution in [0.4, 0.5) is 8.78 Å². The van der Waals surface area contributed by atoms with E-state index < -0.39 is 5.92 Å². The van der Waals surface area contributed by atoms with Gasteiger partial charge >= 0.3 is 0 Å². The average Bonchev–Trinajstić information content (AvgIpc) is 2.68. The normalized spacial score (nSPS) is 22.5. The maximum absolute atomic E-state index is 13.2. The Labute approximate surface area is 99.5 Å². The van der Waals surface area contributed by atoms with Crippen molar-refractivity contribution in [1.29, 1.82) is 0 Å². The number of methoxy groups -OCH3 is 2. The molecule has 0 aromatic heterocycles. The van der Waals surface area contributed by atoms with E-state index in [1.165, 1.54) is 0 Å². The lowest BCUT2D eigenvalue weighted by atomic mass is 9.97. The molecular formula is C13H16F2O2. The van der Waals surface area contributed by atoms with Gasteiger partial charge in [0, 0.05) is 12.8 Å². The molecular weight excluding hydrogens is 226 g/mol. The molecule has 94 valence electrons. The van der Waals surface area contributed by atoms with Crippen molar-refractivity contribution < 1.29 is 18.3 Å². The lowest BCUT2D eigenvalue weighted by molar-refractivity contribution is 0.00776. The molecule has 1 atom stereocenters. The highest BCUT2D eigenvalue weighted by molar-refractivity contribution is 5.44. The van der Waals surface area contributed by atoms with Crippen molar-refractivity contribution in [2.24, 2.45) is 0 Å². The third kappa shape index (κ3) is 2.51. The van der Waals surface area contributed by atoms with Gasteiger partial charge in [0.2, 0.25) is 5.92 Å². The van der Waals surface area contributed by atoms with Crippen molar-refractivity contribution in [1.82, 2.24) is 0 Å². The molecule has 1 unspecified atom stereocenters. The molecule has 0 saturated heterocycles. The van der Waals surface area contributed by atoms with Crippen molar-refractivity contribution in [2.75, 3.05) is 14.2 Å². The summed E-state index contributed by atoms with van der Waals surface area (Å²) < 4.78 is 36.6. The van der Waals surface area contributed by atoms with Gasteiger partial charge in [-0.25, -0.2) is 8.78 Å². The molecule has 1 fully saturated rings. The fourth-order valence-corrected chi connectivity index (χ4v) is 2.34. The van der Waals surface area contributed by atoms with E-state index in [1.807, 2.05) is 6.07 Å². The summed E-state index contributed by atoms with van der Waals surface area (Å²) in [4.78, 5) is 0. The van der Waals surface area contributed by atoms with Crippen molar-refractivity contribution in [2.45, 2.75) is 31.1 Å². The summed E-state index contributed by atoms with van der Waals surface area (Å²) in [5.41, 5.74) is 0.903. The molecule has 1 saturated carbocycles. The molecule has 4 heteroatoms. The van der Waals surface area contributed by atoms with Gasteiger partial charge in [-0.1, -0.05) is 6.07 Å². The molecule has 0 heterocycles. The third-order valence-corrected chi connectivity index (χ3v) is 3.28. The lowest BCUT2D eigenvalue weighted by Crippen LogP contribution is -2.09. The molecule has 0 amide bonds. The number of halogens is 2. The van der Waals surface area contributed by atoms with Gasteiger partial charge in [-0.2, -0.15) is 0 Å². The molecule has 1 aliphatic carbocycles. The molecule has 2 nitrogen and oxygen atoms in total. The number of rotatable bonds is 3. The van der Waals surface area contributed by atoms with Crippen LogP contribution in [0.15, 0.2) is 18.2 Å². The smallest absolute Gasteiger partial charge is 0.248 e. The van der Waals surface area contributed by atoms with Gasteiger partial charge in [-0.3, -0.25) is 0 Å². The van der Waals surface area contributed by atoms with Crippen molar-refractivity contribution in [3.8, 4) is 11.5 Å². The lowest BCUT2D eigenvalue weighted by Gasteiger charge is -2.14. The topological polar surface area (TPSA) is 18.5 Å². The first kappa shape index (κ1) is 12.1. The second-order valence-corrected chi connectivity index (χ2v) is 4.41. The van der Waals surface area contributed by atoms with Gasteiger partial charge in [0.05, 0.1) is 14.2 Å². The van der Waals surface area contributed by atoms with E-state index in [9.17, 15) is 8.78 Å². The molecule has 0 aliphatic heterocycles. The Morgan fingerprint density at radius 2 is 1.88 bits per heavy atom. The van der Waals surface area contributed by atoms with Crippen LogP contribution < -0.4 is 9.47 Å². The van der Waals surface area contributed by atoms with E-state index in [0.29, 0.717) is 17.9 Å². The highest BCUT2D eigenvalue weighted by atomic mass is 19.3. The Kier molecular flexibility index (Phi) is 3.22. The Morgan fingerprint density at radius 1 is 1.18 bits per heavy atom. The Morgan fingerprint density at radius 3 is 2.41 bits per heavy atom. The van der Waals surface area contributed by atoms with Crippen LogP contribution in [-0.4, -0.2) is 20.1 Å². The third-order valence-electron chi connectivity index (χ3n) is 3.28. The zero-order valence-electron chi connectivity index (χ0n) is 10.0. The Balaban J connectivity index is 2.23. The number of ether oxygens (including phenoxy) is 2. The Bertz CT molecular complexity index is 404. The molecule has 0 bridgehead atoms. The molecule has 1 aliphatic rings. The van der Waals surface area contributed by atoms with Crippen LogP contribution in [0.25, 0.3) is 0 Å². The van der Waals surface area contributed by atoms with Crippen molar-refractivity contribution >= 4 is 0 Å². The molecule has 1 aromatic rings. The number of alkyl halides is 2. The van der Waals surface area contributed by atoms with Crippen molar-refractivity contribution in [3.63, 3.8) is 0 Å². The van der Waals surface area contributed by atoms with Crippen LogP contribution in [-0.2, 0) is 0 Å². The minimum Gasteiger partial charge on any atom is -0.493 e. The SMILES string of the molecule is COc1ccc(C2CCC(F)(F)C2)cc1OC. The molecule has 0 N–H and O–H groups in total. The predicted molar refractivity (Wildman–Crippen MR) is 61.1 cm³/mol. The van der Waals surface area contributed by atoms with Crippen LogP contribution >= 0.6 is 0 Å². The second-order valence-electron chi connectivity index (χ2n) is 4.41. The van der Waals surface area contributed by atoms with E-state index >= 15 is 0 Å². The summed E-state index contributed by atoms with van der Waals surface area (Å²) in [6, 6.07) is 5.41. The average molecular weight is 242 g/mol. The summed E-state index contributed by atoms with van der Waals surface area (Å²) in [7, 11) is 3.10. The van der Waals surface area contributed by atoms with E-state index in [4.69, 9.17) is 9.47 Å². The van der Waals surface area contributed by atoms with Gasteiger partial charge in [0.1, 0.15) is 0 Å². The summed E-state index contributed by atoms with van der Waals surface area (Å²) >= 11 is 0. The number of hydrogen-bond donors (Lipinski definition) is 0. The fourth-order valence-electron chi connectivity index (χ4n) is 2.34. The van der Waals surface area contributed by atoms with Crippen LogP contribution in [0, 0.1) is 0 Å². The van der Waals surface area contributed by atoms with Crippen LogP contribution in [0.1, 0.15) is 30.7 Å². The second kappa shape index (κ2) is 4.51. The minimum atomic E-state index is -2.52. The molecule has 0 spiro atoms. The maximum atomic E-state index is 13.2. The summed E-state index contributed by atoms with van der Waals surface area (Å²) in [5, 5.41) is 0. The van der Waals surface area contributed by atoms with E-state index in [0.717, 1.165) is 5.56 Å². The first-order valence-electron chi connectivity index (χ1n) is 5.65. The monoisotopic (exact) mass is 242 g/mol. The van der Waals surface area contributed by atoms with Gasteiger partial charge in [0.25, 0.3) is 0 Å². The zero-order chi connectivity index (χ0) is 12.5. The summed E-state index contributed by atoms with van der Waals surface area (Å²) in [5.74, 6) is -1.37. The molecule has 17 heavy (non-hydrogen) atoms. The van der Waals surface area contributed by atoms with Crippen LogP contribution in [0.3, 0.4) is 0 Å². The van der Waals surface area contributed by atoms with E-state index in [2.05, 4.69) is 0 Å². The Hall–Kier alpha value is -1.32. The predicted octanol–water partition coefficient (Wildman–Crippen LogP) is 3.61. The summed E-state index contributed by atoms with van der Waals surface area (Å²) in [6.07, 6.45) is 0.441. The molecule has 1 aromatic carbocycles. The van der Waals surface area contributed by atoms with Crippen LogP contribution in [0.2, 0.25) is 0 Å². The molecule has 2 rings (SSSR count). The first-order chi connectivity index (χ1) is 8.05. The summed E-state index contributed by atoms with van der Waals surface area (Å²) in [6.45, 7) is 0. The molecule has 0 radical (unpaired) electrons. The standard InChI is InChI=1S/C13H16F2O2/c1-16-11-4-3-9(7-12(11)17-2)10-5-6-13(14,15)8-10/h3-4,7,10H,5-6,8H2,1-2H3. The largest absolute Gasteiger partial charge is 0.493 e. The number of benzene rings is 1. The maximum Gasteiger partial charge on any atom is 0.248 e. The van der Waals surface area contributed by atoms with Gasteiger partial charge < -0.3 is 9.47 Å². The van der Waals surface area contributed by atoms with Crippen molar-refractivity contribution in [3.05, 3.63) is 23.8 Å². The van der Waals surface area contributed by atoms with Gasteiger partial charge in [-0.15, -0.1) is 0 Å². The van der Waals surface area contributed by atoms with Gasteiger partial charge in [0.15, 0.2) is 11.5 Å². The zero-order valence-corrected chi connectivity index (χ0v) is 10.0. The fraction of sp³-hybridized carbons (Fsp3) is 0.538. The van der Waals surface area contributed by atoms with E-state index in [-0.39, 0.29) is 18.8 Å². The van der Waals surface area contributed by atoms with Crippen LogP contribution in [0.5, 0.6) is 11.5 Å². The highest BCUT2D eigenvalue weighted by Gasteiger charge is 2.40. The quantitative estimate of drug-likeness (QED) is 0.806. The van der Waals surface area contributed by atoms with Gasteiger partial charge in [-0.05, 0) is 30.0 Å². The first-order valence-corrected chi connectivity index (χ1v) is 5.65. The van der Waals surface area contributed by atoms with E-state index in [1.54, 1.807) is 26.4 Å². The number of hydrogen-bond acceptors (Lipinski definition) is 2. The highest BCUT2D eigenvalue weighted by Crippen LogP contribution is 2.45. The minimum absolute atomic E-state index is 0.0218.